The Morgan fingerprint density at radius 1 is 0.967 bits per heavy atom. The van der Waals surface area contributed by atoms with Gasteiger partial charge in [-0.15, -0.1) is 0 Å². The van der Waals surface area contributed by atoms with Crippen molar-refractivity contribution in [2.45, 2.75) is 27.7 Å². The lowest BCUT2D eigenvalue weighted by Crippen LogP contribution is -2.35. The van der Waals surface area contributed by atoms with Crippen molar-refractivity contribution in [3.8, 4) is 11.3 Å². The lowest BCUT2D eigenvalue weighted by molar-refractivity contribution is 0.886. The highest BCUT2D eigenvalue weighted by molar-refractivity contribution is 7.80. The molecule has 1 aromatic carbocycles. The monoisotopic (exact) mass is 443 g/mol. The van der Waals surface area contributed by atoms with Crippen molar-refractivity contribution in [1.82, 2.24) is 26.1 Å². The van der Waals surface area contributed by atoms with Crippen LogP contribution in [-0.2, 0) is 7.05 Å². The van der Waals surface area contributed by atoms with Crippen molar-refractivity contribution in [2.75, 3.05) is 13.1 Å². The van der Waals surface area contributed by atoms with E-state index in [1.807, 2.05) is 46.0 Å². The Labute approximate surface area is 189 Å². The maximum atomic E-state index is 5.27. The van der Waals surface area contributed by atoms with E-state index in [9.17, 15) is 0 Å². The normalized spacial score (nSPS) is 11.8. The highest BCUT2D eigenvalue weighted by atomic mass is 32.1. The predicted molar refractivity (Wildman–Crippen MR) is 134 cm³/mol. The van der Waals surface area contributed by atoms with Gasteiger partial charge in [-0.05, 0) is 63.8 Å². The molecule has 0 atom stereocenters. The number of benzene rings is 1. The number of rotatable bonds is 7. The number of aromatic nitrogens is 1. The molecule has 4 N–H and O–H groups in total. The molecule has 9 heteroatoms. The SMILES string of the molecule is CCNC(=S)N/N=C(C)/C(=N/NC(=S)NCC)c1cc(-c2ccccc2)n(C)c1C. The summed E-state index contributed by atoms with van der Waals surface area (Å²) < 4.78 is 2.15. The lowest BCUT2D eigenvalue weighted by Gasteiger charge is -2.10. The third-order valence-corrected chi connectivity index (χ3v) is 4.94. The fourth-order valence-electron chi connectivity index (χ4n) is 2.86. The number of thiocarbonyl (C=S) groups is 2. The average molecular weight is 444 g/mol. The van der Waals surface area contributed by atoms with Gasteiger partial charge in [0.05, 0.1) is 5.71 Å². The summed E-state index contributed by atoms with van der Waals surface area (Å²) in [6, 6.07) is 12.4. The molecule has 0 bridgehead atoms. The molecule has 7 nitrogen and oxygen atoms in total. The number of nitrogens with zero attached hydrogens (tertiary/aromatic N) is 3. The molecule has 2 rings (SSSR count). The smallest absolute Gasteiger partial charge is 0.186 e. The van der Waals surface area contributed by atoms with Crippen molar-refractivity contribution >= 4 is 46.1 Å². The van der Waals surface area contributed by atoms with Gasteiger partial charge < -0.3 is 15.2 Å². The molecule has 0 unspecified atom stereocenters. The summed E-state index contributed by atoms with van der Waals surface area (Å²) >= 11 is 10.5. The van der Waals surface area contributed by atoms with Gasteiger partial charge in [0.2, 0.25) is 0 Å². The molecule has 30 heavy (non-hydrogen) atoms. The first-order chi connectivity index (χ1) is 14.4. The molecule has 0 aliphatic heterocycles. The minimum absolute atomic E-state index is 0.454. The molecule has 2 aromatic rings. The molecule has 0 aliphatic carbocycles. The van der Waals surface area contributed by atoms with Gasteiger partial charge in [0.15, 0.2) is 10.2 Å². The van der Waals surface area contributed by atoms with E-state index in [0.717, 1.165) is 29.1 Å². The highest BCUT2D eigenvalue weighted by Gasteiger charge is 2.18. The minimum Gasteiger partial charge on any atom is -0.362 e. The van der Waals surface area contributed by atoms with Crippen molar-refractivity contribution in [2.24, 2.45) is 17.3 Å². The van der Waals surface area contributed by atoms with Crippen LogP contribution in [0.4, 0.5) is 0 Å². The summed E-state index contributed by atoms with van der Waals surface area (Å²) in [5.74, 6) is 0. The van der Waals surface area contributed by atoms with Crippen LogP contribution in [0.1, 0.15) is 32.0 Å². The number of hydrogen-bond acceptors (Lipinski definition) is 4. The van der Waals surface area contributed by atoms with Gasteiger partial charge in [-0.25, -0.2) is 0 Å². The fourth-order valence-corrected chi connectivity index (χ4v) is 3.24. The van der Waals surface area contributed by atoms with E-state index in [1.165, 1.54) is 0 Å². The molecule has 0 radical (unpaired) electrons. The first-order valence-corrected chi connectivity index (χ1v) is 10.6. The van der Waals surface area contributed by atoms with Crippen LogP contribution in [0.15, 0.2) is 46.6 Å². The summed E-state index contributed by atoms with van der Waals surface area (Å²) in [5, 5.41) is 15.9. The van der Waals surface area contributed by atoms with E-state index < -0.39 is 0 Å². The Balaban J connectivity index is 2.46. The van der Waals surface area contributed by atoms with Gasteiger partial charge in [0.1, 0.15) is 5.71 Å². The third-order valence-electron chi connectivity index (χ3n) is 4.47. The van der Waals surface area contributed by atoms with Gasteiger partial charge in [0, 0.05) is 37.1 Å². The van der Waals surface area contributed by atoms with Crippen LogP contribution in [0.25, 0.3) is 11.3 Å². The molecule has 0 fully saturated rings. The van der Waals surface area contributed by atoms with Crippen molar-refractivity contribution in [3.05, 3.63) is 47.7 Å². The van der Waals surface area contributed by atoms with Crippen molar-refractivity contribution in [3.63, 3.8) is 0 Å². The van der Waals surface area contributed by atoms with E-state index in [-0.39, 0.29) is 0 Å². The topological polar surface area (TPSA) is 77.8 Å². The summed E-state index contributed by atoms with van der Waals surface area (Å²) in [4.78, 5) is 0. The van der Waals surface area contributed by atoms with Crippen molar-refractivity contribution in [1.29, 1.82) is 0 Å². The Morgan fingerprint density at radius 3 is 2.10 bits per heavy atom. The second-order valence-electron chi connectivity index (χ2n) is 6.55. The number of hydrazone groups is 2. The van der Waals surface area contributed by atoms with E-state index >= 15 is 0 Å². The molecular weight excluding hydrogens is 414 g/mol. The zero-order valence-electron chi connectivity index (χ0n) is 18.0. The van der Waals surface area contributed by atoms with E-state index in [1.54, 1.807) is 0 Å². The van der Waals surface area contributed by atoms with Crippen LogP contribution >= 0.6 is 24.4 Å². The van der Waals surface area contributed by atoms with Crippen LogP contribution in [0.3, 0.4) is 0 Å². The van der Waals surface area contributed by atoms with Crippen LogP contribution in [-0.4, -0.2) is 39.3 Å². The zero-order chi connectivity index (χ0) is 22.1. The summed E-state index contributed by atoms with van der Waals surface area (Å²) in [6.45, 7) is 9.33. The first kappa shape index (κ1) is 23.5. The molecule has 1 heterocycles. The van der Waals surface area contributed by atoms with E-state index in [2.05, 4.69) is 61.4 Å². The van der Waals surface area contributed by atoms with E-state index in [4.69, 9.17) is 24.4 Å². The summed E-state index contributed by atoms with van der Waals surface area (Å²) in [7, 11) is 2.04. The molecule has 0 aliphatic rings. The van der Waals surface area contributed by atoms with Crippen LogP contribution in [0.5, 0.6) is 0 Å². The summed E-state index contributed by atoms with van der Waals surface area (Å²) in [6.07, 6.45) is 0. The van der Waals surface area contributed by atoms with Gasteiger partial charge in [-0.2, -0.15) is 10.2 Å². The largest absolute Gasteiger partial charge is 0.362 e. The Bertz CT molecular complexity index is 946. The van der Waals surface area contributed by atoms with Crippen LogP contribution < -0.4 is 21.5 Å². The van der Waals surface area contributed by atoms with Gasteiger partial charge in [-0.3, -0.25) is 10.9 Å². The molecule has 0 spiro atoms. The standard InChI is InChI=1S/C21H29N7S2/c1-6-22-20(29)26-24-14(3)19(25-27-21(30)23-7-2)17-13-18(28(5)15(17)4)16-11-9-8-10-12-16/h8-13H,6-7H2,1-5H3,(H2,22,26,29)(H2,23,27,30)/b24-14+,25-19-. The lowest BCUT2D eigenvalue weighted by atomic mass is 10.1. The van der Waals surface area contributed by atoms with Crippen LogP contribution in [0, 0.1) is 6.92 Å². The maximum Gasteiger partial charge on any atom is 0.186 e. The molecule has 0 amide bonds. The van der Waals surface area contributed by atoms with E-state index in [0.29, 0.717) is 28.2 Å². The first-order valence-electron chi connectivity index (χ1n) is 9.81. The molecule has 0 saturated heterocycles. The van der Waals surface area contributed by atoms with Gasteiger partial charge in [0.25, 0.3) is 0 Å². The fraction of sp³-hybridized carbons (Fsp3) is 0.333. The van der Waals surface area contributed by atoms with Crippen molar-refractivity contribution < 1.29 is 0 Å². The highest BCUT2D eigenvalue weighted by Crippen LogP contribution is 2.25. The zero-order valence-corrected chi connectivity index (χ0v) is 19.7. The van der Waals surface area contributed by atoms with Gasteiger partial charge >= 0.3 is 0 Å². The number of nitrogens with one attached hydrogen (secondary N) is 4. The molecule has 0 saturated carbocycles. The second kappa shape index (κ2) is 11.4. The predicted octanol–water partition coefficient (Wildman–Crippen LogP) is 3.05. The quantitative estimate of drug-likeness (QED) is 0.299. The minimum atomic E-state index is 0.454. The van der Waals surface area contributed by atoms with Gasteiger partial charge in [-0.1, -0.05) is 30.3 Å². The molecule has 160 valence electrons. The molecular formula is C21H29N7S2. The third kappa shape index (κ3) is 6.11. The maximum absolute atomic E-state index is 5.27. The van der Waals surface area contributed by atoms with Crippen LogP contribution in [0.2, 0.25) is 0 Å². The Morgan fingerprint density at radius 2 is 1.53 bits per heavy atom. The second-order valence-corrected chi connectivity index (χ2v) is 7.37. The Kier molecular flexibility index (Phi) is 8.94. The average Bonchev–Trinajstić information content (AvgIpc) is 3.02. The Hall–Kier alpha value is -2.78. The summed E-state index contributed by atoms with van der Waals surface area (Å²) in [5.41, 5.74) is 11.4. The number of hydrogen-bond donors (Lipinski definition) is 4. The molecule has 1 aromatic heterocycles.